The van der Waals surface area contributed by atoms with Gasteiger partial charge in [0.05, 0.1) is 13.2 Å². The van der Waals surface area contributed by atoms with Crippen LogP contribution in [0.25, 0.3) is 0 Å². The van der Waals surface area contributed by atoms with Gasteiger partial charge in [-0.1, -0.05) is 73.6 Å². The Morgan fingerprint density at radius 3 is 2.17 bits per heavy atom. The van der Waals surface area contributed by atoms with Gasteiger partial charge in [0.2, 0.25) is 0 Å². The molecule has 2 aromatic rings. The van der Waals surface area contributed by atoms with Gasteiger partial charge in [-0.05, 0) is 47.3 Å². The molecule has 0 bridgehead atoms. The van der Waals surface area contributed by atoms with E-state index in [1.165, 1.54) is 16.8 Å². The Bertz CT molecular complexity index is 1390. The number of rotatable bonds is 11. The van der Waals surface area contributed by atoms with E-state index in [1.807, 2.05) is 6.07 Å². The number of aromatic nitrogens is 2. The number of hydrogen-bond acceptors (Lipinski definition) is 10. The number of carbonyl (C=O) groups is 2. The zero-order valence-corrected chi connectivity index (χ0v) is 30.4. The van der Waals surface area contributed by atoms with Crippen molar-refractivity contribution in [3.05, 3.63) is 58.6 Å². The van der Waals surface area contributed by atoms with Gasteiger partial charge < -0.3 is 32.5 Å². The molecule has 4 rings (SSSR count). The van der Waals surface area contributed by atoms with E-state index in [0.29, 0.717) is 5.56 Å². The fourth-order valence-electron chi connectivity index (χ4n) is 6.34. The first-order valence-electron chi connectivity index (χ1n) is 16.2. The summed E-state index contributed by atoms with van der Waals surface area (Å²) in [4.78, 5) is 42.8. The first-order valence-corrected chi connectivity index (χ1v) is 20.1. The molecule has 2 aliphatic heterocycles. The molecule has 0 unspecified atom stereocenters. The lowest BCUT2D eigenvalue weighted by Gasteiger charge is -2.51. The van der Waals surface area contributed by atoms with Crippen LogP contribution in [0.4, 0.5) is 5.82 Å². The third-order valence-corrected chi connectivity index (χ3v) is 18.9. The first kappa shape index (κ1) is 36.1. The molecule has 2 aliphatic rings. The highest BCUT2D eigenvalue weighted by molar-refractivity contribution is 6.84. The molecule has 12 nitrogen and oxygen atoms in total. The largest absolute Gasteiger partial charge is 0.464 e. The maximum Gasteiger partial charge on any atom is 0.351 e. The highest BCUT2D eigenvalue weighted by Gasteiger charge is 2.62. The lowest BCUT2D eigenvalue weighted by Crippen LogP contribution is -2.66. The van der Waals surface area contributed by atoms with Crippen LogP contribution in [-0.4, -0.2) is 76.7 Å². The molecular formula is C32H49N3O9Si2. The van der Waals surface area contributed by atoms with E-state index in [2.05, 4.69) is 65.7 Å². The van der Waals surface area contributed by atoms with Gasteiger partial charge in [-0.25, -0.2) is 9.59 Å². The third kappa shape index (κ3) is 7.38. The van der Waals surface area contributed by atoms with Gasteiger partial charge in [0, 0.05) is 11.8 Å². The number of ether oxygens (including phenoxy) is 3. The molecule has 0 radical (unpaired) electrons. The Kier molecular flexibility index (Phi) is 11.8. The molecule has 46 heavy (non-hydrogen) atoms. The fourth-order valence-corrected chi connectivity index (χ4v) is 17.6. The van der Waals surface area contributed by atoms with Crippen LogP contribution in [0.15, 0.2) is 47.4 Å². The highest BCUT2D eigenvalue weighted by atomic mass is 28.5. The van der Waals surface area contributed by atoms with Crippen molar-refractivity contribution in [2.24, 2.45) is 0 Å². The van der Waals surface area contributed by atoms with Crippen molar-refractivity contribution in [3.8, 4) is 0 Å². The van der Waals surface area contributed by atoms with Crippen LogP contribution in [0.3, 0.4) is 0 Å². The van der Waals surface area contributed by atoms with Gasteiger partial charge in [-0.3, -0.25) is 9.36 Å². The van der Waals surface area contributed by atoms with Crippen molar-refractivity contribution in [3.63, 3.8) is 0 Å². The van der Waals surface area contributed by atoms with E-state index in [-0.39, 0.29) is 47.8 Å². The Labute approximate surface area is 273 Å². The van der Waals surface area contributed by atoms with E-state index in [1.54, 1.807) is 31.2 Å². The molecule has 2 saturated heterocycles. The van der Waals surface area contributed by atoms with Crippen LogP contribution < -0.4 is 11.0 Å². The van der Waals surface area contributed by atoms with Crippen molar-refractivity contribution in [1.82, 2.24) is 9.55 Å². The van der Waals surface area contributed by atoms with Crippen molar-refractivity contribution in [1.29, 1.82) is 0 Å². The Balaban J connectivity index is 1.74. The number of fused-ring (bicyclic) bond motifs is 1. The molecule has 1 aromatic heterocycles. The Morgan fingerprint density at radius 1 is 0.978 bits per heavy atom. The van der Waals surface area contributed by atoms with Gasteiger partial charge in [-0.15, -0.1) is 0 Å². The molecule has 2 fully saturated rings. The van der Waals surface area contributed by atoms with Crippen molar-refractivity contribution < 1.29 is 36.8 Å². The van der Waals surface area contributed by atoms with Gasteiger partial charge in [0.25, 0.3) is 5.91 Å². The standard InChI is InChI=1S/C32H49N3O9Si2/c1-10-39-27(36)19-40-29-28-25(18-41-45(20(2)3,21(4)5)44-46(43-28,22(6)7)23(8)9)42-31(29)35-17-16-26(34-32(35)38)33-30(37)24-14-12-11-13-15-24/h11-17,20-23,25,28-29,31H,10,18-19H2,1-9H3,(H,33,34,37,38)/t25-,28-,29-,31-/m1/s1. The molecule has 0 saturated carbocycles. The molecule has 14 heteroatoms. The second-order valence-electron chi connectivity index (χ2n) is 13.0. The van der Waals surface area contributed by atoms with Crippen LogP contribution >= 0.6 is 0 Å². The zero-order valence-electron chi connectivity index (χ0n) is 28.4. The highest BCUT2D eigenvalue weighted by Crippen LogP contribution is 2.48. The first-order chi connectivity index (χ1) is 21.8. The van der Waals surface area contributed by atoms with Crippen LogP contribution in [0.5, 0.6) is 0 Å². The van der Waals surface area contributed by atoms with E-state index < -0.39 is 59.2 Å². The van der Waals surface area contributed by atoms with Crippen molar-refractivity contribution >= 4 is 34.8 Å². The SMILES string of the molecule is CCOC(=O)CO[C@@H]1[C@@H]2O[Si](C(C)C)(C(C)C)O[Si](C(C)C)(C(C)C)OC[C@H]2O[C@H]1n1ccc(NC(=O)c2ccccc2)nc1=O. The number of carbonyl (C=O) groups excluding carboxylic acids is 2. The Morgan fingerprint density at radius 2 is 1.61 bits per heavy atom. The van der Waals surface area contributed by atoms with Crippen LogP contribution in [0, 0.1) is 0 Å². The number of anilines is 1. The molecular weight excluding hydrogens is 627 g/mol. The lowest BCUT2D eigenvalue weighted by molar-refractivity contribution is -0.155. The predicted octanol–water partition coefficient (Wildman–Crippen LogP) is 5.30. The summed E-state index contributed by atoms with van der Waals surface area (Å²) in [5.74, 6) is -0.852. The number of esters is 1. The van der Waals surface area contributed by atoms with Crippen molar-refractivity contribution in [2.45, 2.75) is 109 Å². The number of benzene rings is 1. The smallest absolute Gasteiger partial charge is 0.351 e. The molecule has 0 spiro atoms. The summed E-state index contributed by atoms with van der Waals surface area (Å²) in [6, 6.07) is 10.2. The lowest BCUT2D eigenvalue weighted by atomic mass is 10.1. The van der Waals surface area contributed by atoms with Crippen LogP contribution in [-0.2, 0) is 32.0 Å². The summed E-state index contributed by atoms with van der Waals surface area (Å²) < 4.78 is 40.5. The molecule has 4 atom stereocenters. The third-order valence-electron chi connectivity index (χ3n) is 8.70. The average Bonchev–Trinajstić information content (AvgIpc) is 3.31. The van der Waals surface area contributed by atoms with E-state index >= 15 is 0 Å². The summed E-state index contributed by atoms with van der Waals surface area (Å²) in [7, 11) is -5.93. The minimum Gasteiger partial charge on any atom is -0.464 e. The van der Waals surface area contributed by atoms with E-state index in [4.69, 9.17) is 27.2 Å². The number of nitrogens with one attached hydrogen (secondary N) is 1. The summed E-state index contributed by atoms with van der Waals surface area (Å²) in [6.07, 6.45) is -1.76. The van der Waals surface area contributed by atoms with Crippen molar-refractivity contribution in [2.75, 3.05) is 25.1 Å². The minimum absolute atomic E-state index is 0.0425. The molecule has 0 aliphatic carbocycles. The topological polar surface area (TPSA) is 136 Å². The van der Waals surface area contributed by atoms with Crippen LogP contribution in [0.2, 0.25) is 22.2 Å². The second-order valence-corrected chi connectivity index (χ2v) is 21.9. The normalized spacial score (nSPS) is 24.1. The van der Waals surface area contributed by atoms with Gasteiger partial charge in [-0.2, -0.15) is 4.98 Å². The van der Waals surface area contributed by atoms with Gasteiger partial charge in [0.15, 0.2) is 6.23 Å². The monoisotopic (exact) mass is 675 g/mol. The maximum atomic E-state index is 13.5. The number of nitrogens with zero attached hydrogens (tertiary/aromatic N) is 2. The molecule has 1 aromatic carbocycles. The summed E-state index contributed by atoms with van der Waals surface area (Å²) in [6.45, 7) is 18.7. The van der Waals surface area contributed by atoms with Gasteiger partial charge >= 0.3 is 28.8 Å². The fraction of sp³-hybridized carbons (Fsp3) is 0.625. The van der Waals surface area contributed by atoms with E-state index in [9.17, 15) is 14.4 Å². The number of amides is 1. The molecule has 1 amide bonds. The summed E-state index contributed by atoms with van der Waals surface area (Å²) in [5.41, 5.74) is 0.116. The average molecular weight is 676 g/mol. The molecule has 254 valence electrons. The minimum atomic E-state index is -3.07. The predicted molar refractivity (Wildman–Crippen MR) is 177 cm³/mol. The number of hydrogen-bond donors (Lipinski definition) is 1. The summed E-state index contributed by atoms with van der Waals surface area (Å²) in [5, 5.41) is 2.67. The van der Waals surface area contributed by atoms with Crippen LogP contribution in [0.1, 0.15) is 78.9 Å². The molecule has 1 N–H and O–H groups in total. The quantitative estimate of drug-likeness (QED) is 0.247. The summed E-state index contributed by atoms with van der Waals surface area (Å²) >= 11 is 0. The maximum absolute atomic E-state index is 13.5. The van der Waals surface area contributed by atoms with Gasteiger partial charge in [0.1, 0.15) is 30.7 Å². The van der Waals surface area contributed by atoms with E-state index in [0.717, 1.165) is 0 Å². The molecule has 3 heterocycles. The second kappa shape index (κ2) is 15.0. The zero-order chi connectivity index (χ0) is 33.8. The Hall–Kier alpha value is -2.73.